The van der Waals surface area contributed by atoms with Gasteiger partial charge in [0.1, 0.15) is 5.76 Å². The summed E-state index contributed by atoms with van der Waals surface area (Å²) in [5, 5.41) is 0. The van der Waals surface area contributed by atoms with Crippen molar-refractivity contribution in [3.8, 4) is 0 Å². The molecule has 0 fully saturated rings. The Bertz CT molecular complexity index is 360. The number of unbranched alkanes of at least 4 members (excludes halogenated alkanes) is 9. The van der Waals surface area contributed by atoms with Crippen molar-refractivity contribution in [2.45, 2.75) is 90.9 Å². The second kappa shape index (κ2) is 13.1. The quantitative estimate of drug-likeness (QED) is 0.264. The monoisotopic (exact) mass is 320 g/mol. The molecule has 5 heteroatoms. The van der Waals surface area contributed by atoms with E-state index in [-0.39, 0.29) is 0 Å². The third-order valence-corrected chi connectivity index (χ3v) is 3.84. The van der Waals surface area contributed by atoms with Gasteiger partial charge in [-0.05, 0) is 25.3 Å². The maximum absolute atomic E-state index is 10.8. The van der Waals surface area contributed by atoms with Gasteiger partial charge in [0.25, 0.3) is 0 Å². The topological polar surface area (TPSA) is 63.6 Å². The minimum atomic E-state index is -4.39. The molecule has 0 bridgehead atoms. The highest BCUT2D eigenvalue weighted by Gasteiger charge is 2.09. The van der Waals surface area contributed by atoms with Crippen LogP contribution < -0.4 is 0 Å². The van der Waals surface area contributed by atoms with E-state index >= 15 is 0 Å². The van der Waals surface area contributed by atoms with E-state index in [1.807, 2.05) is 6.08 Å². The molecule has 21 heavy (non-hydrogen) atoms. The molecule has 1 N–H and O–H groups in total. The van der Waals surface area contributed by atoms with Gasteiger partial charge in [0.15, 0.2) is 0 Å². The predicted molar refractivity (Wildman–Crippen MR) is 87.5 cm³/mol. The summed E-state index contributed by atoms with van der Waals surface area (Å²) in [6.07, 6.45) is 14.6. The highest BCUT2D eigenvalue weighted by atomic mass is 32.3. The Morgan fingerprint density at radius 1 is 0.905 bits per heavy atom. The molecule has 0 unspecified atom stereocenters. The Labute approximate surface area is 130 Å². The molecule has 0 atom stereocenters. The molecule has 0 amide bonds. The van der Waals surface area contributed by atoms with Crippen molar-refractivity contribution in [3.63, 3.8) is 0 Å². The first-order chi connectivity index (χ1) is 9.99. The van der Waals surface area contributed by atoms with Crippen molar-refractivity contribution in [1.82, 2.24) is 0 Å². The third kappa shape index (κ3) is 15.7. The minimum absolute atomic E-state index is 0.393. The third-order valence-electron chi connectivity index (χ3n) is 3.42. The SMILES string of the molecule is CCCCCCC=C(CCCCCCCC)OS(=O)(=O)O. The fraction of sp³-hybridized carbons (Fsp3) is 0.875. The number of hydrogen-bond acceptors (Lipinski definition) is 3. The summed E-state index contributed by atoms with van der Waals surface area (Å²) < 4.78 is 35.2. The predicted octanol–water partition coefficient (Wildman–Crippen LogP) is 5.41. The van der Waals surface area contributed by atoms with Crippen molar-refractivity contribution in [2.24, 2.45) is 0 Å². The minimum Gasteiger partial charge on any atom is -0.367 e. The van der Waals surface area contributed by atoms with Crippen LogP contribution >= 0.6 is 0 Å². The highest BCUT2D eigenvalue weighted by Crippen LogP contribution is 2.16. The average molecular weight is 320 g/mol. The summed E-state index contributed by atoms with van der Waals surface area (Å²) >= 11 is 0. The maximum atomic E-state index is 10.8. The van der Waals surface area contributed by atoms with Crippen molar-refractivity contribution in [2.75, 3.05) is 0 Å². The Hall–Kier alpha value is -0.550. The van der Waals surface area contributed by atoms with Gasteiger partial charge >= 0.3 is 10.4 Å². The number of rotatable bonds is 14. The first-order valence-electron chi connectivity index (χ1n) is 8.35. The van der Waals surface area contributed by atoms with Gasteiger partial charge in [0, 0.05) is 6.42 Å². The van der Waals surface area contributed by atoms with Crippen LogP contribution in [-0.4, -0.2) is 13.0 Å². The van der Waals surface area contributed by atoms with Crippen LogP contribution in [-0.2, 0) is 14.6 Å². The van der Waals surface area contributed by atoms with Gasteiger partial charge in [-0.3, -0.25) is 4.55 Å². The van der Waals surface area contributed by atoms with E-state index in [2.05, 4.69) is 18.0 Å². The lowest BCUT2D eigenvalue weighted by atomic mass is 10.1. The summed E-state index contributed by atoms with van der Waals surface area (Å²) in [6, 6.07) is 0. The van der Waals surface area contributed by atoms with Crippen LogP contribution in [0.5, 0.6) is 0 Å². The number of hydrogen-bond donors (Lipinski definition) is 1. The van der Waals surface area contributed by atoms with Gasteiger partial charge in [-0.15, -0.1) is 0 Å². The van der Waals surface area contributed by atoms with Crippen LogP contribution in [0.25, 0.3) is 0 Å². The first kappa shape index (κ1) is 20.5. The van der Waals surface area contributed by atoms with Crippen LogP contribution in [0.15, 0.2) is 11.8 Å². The molecule has 0 aliphatic rings. The van der Waals surface area contributed by atoms with Gasteiger partial charge in [0.2, 0.25) is 0 Å². The van der Waals surface area contributed by atoms with Crippen LogP contribution in [0.2, 0.25) is 0 Å². The van der Waals surface area contributed by atoms with Crippen molar-refractivity contribution >= 4 is 10.4 Å². The van der Waals surface area contributed by atoms with E-state index in [0.29, 0.717) is 12.2 Å². The van der Waals surface area contributed by atoms with Gasteiger partial charge < -0.3 is 4.18 Å². The molecule has 0 saturated heterocycles. The Morgan fingerprint density at radius 3 is 2.00 bits per heavy atom. The smallest absolute Gasteiger partial charge is 0.367 e. The molecule has 0 saturated carbocycles. The zero-order valence-corrected chi connectivity index (χ0v) is 14.5. The molecule has 0 aliphatic heterocycles. The van der Waals surface area contributed by atoms with E-state index in [1.165, 1.54) is 38.5 Å². The van der Waals surface area contributed by atoms with Gasteiger partial charge in [-0.25, -0.2) is 0 Å². The molecule has 0 aromatic rings. The number of allylic oxidation sites excluding steroid dienone is 2. The largest absolute Gasteiger partial charge is 0.446 e. The molecule has 0 aromatic heterocycles. The second-order valence-corrected chi connectivity index (χ2v) is 6.57. The van der Waals surface area contributed by atoms with E-state index < -0.39 is 10.4 Å². The standard InChI is InChI=1S/C16H32O4S/c1-3-5-7-9-11-13-15-16(20-21(17,18)19)14-12-10-8-6-4-2/h14H,3-13,15H2,1-2H3,(H,17,18,19). The van der Waals surface area contributed by atoms with Gasteiger partial charge in [0.05, 0.1) is 0 Å². The van der Waals surface area contributed by atoms with Gasteiger partial charge in [-0.1, -0.05) is 65.2 Å². The summed E-state index contributed by atoms with van der Waals surface area (Å²) in [5.41, 5.74) is 0. The Balaban J connectivity index is 4.05. The molecule has 0 rings (SSSR count). The summed E-state index contributed by atoms with van der Waals surface area (Å²) in [4.78, 5) is 0. The van der Waals surface area contributed by atoms with E-state index in [1.54, 1.807) is 0 Å². The molecule has 0 aromatic carbocycles. The zero-order chi connectivity index (χ0) is 16.0. The lowest BCUT2D eigenvalue weighted by Gasteiger charge is -2.07. The van der Waals surface area contributed by atoms with Crippen LogP contribution in [0, 0.1) is 0 Å². The average Bonchev–Trinajstić information content (AvgIpc) is 2.40. The summed E-state index contributed by atoms with van der Waals surface area (Å²) in [7, 11) is -4.39. The summed E-state index contributed by atoms with van der Waals surface area (Å²) in [6.45, 7) is 4.33. The molecule has 0 heterocycles. The van der Waals surface area contributed by atoms with Crippen LogP contribution in [0.1, 0.15) is 90.9 Å². The van der Waals surface area contributed by atoms with Gasteiger partial charge in [-0.2, -0.15) is 8.42 Å². The molecule has 4 nitrogen and oxygen atoms in total. The Morgan fingerprint density at radius 2 is 1.43 bits per heavy atom. The lowest BCUT2D eigenvalue weighted by molar-refractivity contribution is 0.318. The fourth-order valence-electron chi connectivity index (χ4n) is 2.23. The molecule has 0 aliphatic carbocycles. The Kier molecular flexibility index (Phi) is 12.8. The second-order valence-electron chi connectivity index (χ2n) is 5.55. The maximum Gasteiger partial charge on any atom is 0.446 e. The first-order valence-corrected chi connectivity index (χ1v) is 9.72. The van der Waals surface area contributed by atoms with E-state index in [4.69, 9.17) is 4.55 Å². The molecule has 0 spiro atoms. The summed E-state index contributed by atoms with van der Waals surface area (Å²) in [5.74, 6) is 0.393. The van der Waals surface area contributed by atoms with Crippen molar-refractivity contribution < 1.29 is 17.2 Å². The highest BCUT2D eigenvalue weighted by molar-refractivity contribution is 7.81. The zero-order valence-electron chi connectivity index (χ0n) is 13.6. The normalized spacial score (nSPS) is 12.6. The van der Waals surface area contributed by atoms with E-state index in [9.17, 15) is 8.42 Å². The fourth-order valence-corrected chi connectivity index (χ4v) is 2.65. The van der Waals surface area contributed by atoms with Crippen molar-refractivity contribution in [3.05, 3.63) is 11.8 Å². The molecule has 0 radical (unpaired) electrons. The molecule has 126 valence electrons. The molecular weight excluding hydrogens is 288 g/mol. The van der Waals surface area contributed by atoms with Crippen molar-refractivity contribution in [1.29, 1.82) is 0 Å². The van der Waals surface area contributed by atoms with E-state index in [0.717, 1.165) is 32.1 Å². The van der Waals surface area contributed by atoms with Crippen LogP contribution in [0.4, 0.5) is 0 Å². The lowest BCUT2D eigenvalue weighted by Crippen LogP contribution is -2.04. The van der Waals surface area contributed by atoms with Crippen LogP contribution in [0.3, 0.4) is 0 Å². The molecular formula is C16H32O4S.